The highest BCUT2D eigenvalue weighted by Crippen LogP contribution is 2.23. The molecule has 0 unspecified atom stereocenters. The molecule has 0 radical (unpaired) electrons. The van der Waals surface area contributed by atoms with Crippen molar-refractivity contribution in [2.75, 3.05) is 19.7 Å². The summed E-state index contributed by atoms with van der Waals surface area (Å²) in [7, 11) is 0. The standard InChI is InChI=1S/C16H28N2O4/c1-16(2,3)22-15(20)18-9-13(10-18)14(19)17-21-11-12-7-5-4-6-8-12/h12-13H,4-11H2,1-3H3,(H,17,19). The third kappa shape index (κ3) is 5.16. The predicted octanol–water partition coefficient (Wildman–Crippen LogP) is 2.48. The van der Waals surface area contributed by atoms with E-state index in [1.807, 2.05) is 20.8 Å². The van der Waals surface area contributed by atoms with Crippen LogP contribution < -0.4 is 5.48 Å². The van der Waals surface area contributed by atoms with Crippen LogP contribution in [-0.2, 0) is 14.4 Å². The van der Waals surface area contributed by atoms with E-state index in [1.54, 1.807) is 0 Å². The second kappa shape index (κ2) is 7.31. The van der Waals surface area contributed by atoms with Crippen LogP contribution in [-0.4, -0.2) is 42.2 Å². The molecule has 0 atom stereocenters. The number of rotatable bonds is 4. The fraction of sp³-hybridized carbons (Fsp3) is 0.875. The first kappa shape index (κ1) is 17.1. The molecule has 2 amide bonds. The third-order valence-electron chi connectivity index (χ3n) is 4.12. The van der Waals surface area contributed by atoms with Crippen molar-refractivity contribution in [2.45, 2.75) is 58.5 Å². The lowest BCUT2D eigenvalue weighted by molar-refractivity contribution is -0.144. The van der Waals surface area contributed by atoms with Crippen LogP contribution in [0.5, 0.6) is 0 Å². The van der Waals surface area contributed by atoms with Crippen molar-refractivity contribution >= 4 is 12.0 Å². The van der Waals surface area contributed by atoms with Gasteiger partial charge in [-0.05, 0) is 39.5 Å². The molecule has 0 bridgehead atoms. The number of nitrogens with one attached hydrogen (secondary N) is 1. The van der Waals surface area contributed by atoms with Crippen molar-refractivity contribution in [1.29, 1.82) is 0 Å². The maximum atomic E-state index is 11.9. The number of nitrogens with zero attached hydrogens (tertiary/aromatic N) is 1. The third-order valence-corrected chi connectivity index (χ3v) is 4.12. The Morgan fingerprint density at radius 3 is 2.36 bits per heavy atom. The van der Waals surface area contributed by atoms with E-state index in [0.29, 0.717) is 25.6 Å². The second-order valence-corrected chi connectivity index (χ2v) is 7.36. The molecule has 1 N–H and O–H groups in total. The molecule has 0 aromatic heterocycles. The highest BCUT2D eigenvalue weighted by atomic mass is 16.7. The first-order valence-electron chi connectivity index (χ1n) is 8.25. The number of likely N-dealkylation sites (tertiary alicyclic amines) is 1. The van der Waals surface area contributed by atoms with E-state index in [4.69, 9.17) is 9.57 Å². The Kier molecular flexibility index (Phi) is 5.67. The second-order valence-electron chi connectivity index (χ2n) is 7.36. The van der Waals surface area contributed by atoms with E-state index in [0.717, 1.165) is 0 Å². The molecule has 126 valence electrons. The van der Waals surface area contributed by atoms with E-state index in [2.05, 4.69) is 5.48 Å². The summed E-state index contributed by atoms with van der Waals surface area (Å²) in [4.78, 5) is 30.5. The topological polar surface area (TPSA) is 67.9 Å². The van der Waals surface area contributed by atoms with Crippen molar-refractivity contribution in [3.8, 4) is 0 Å². The average molecular weight is 312 g/mol. The number of hydroxylamine groups is 1. The van der Waals surface area contributed by atoms with Gasteiger partial charge in [-0.3, -0.25) is 9.63 Å². The van der Waals surface area contributed by atoms with E-state index in [-0.39, 0.29) is 17.9 Å². The van der Waals surface area contributed by atoms with Crippen molar-refractivity contribution in [2.24, 2.45) is 11.8 Å². The number of carbonyl (C=O) groups is 2. The van der Waals surface area contributed by atoms with Crippen molar-refractivity contribution in [1.82, 2.24) is 10.4 Å². The summed E-state index contributed by atoms with van der Waals surface area (Å²) >= 11 is 0. The molecule has 0 aromatic rings. The number of hydrogen-bond donors (Lipinski definition) is 1. The zero-order valence-corrected chi connectivity index (χ0v) is 13.9. The minimum atomic E-state index is -0.506. The summed E-state index contributed by atoms with van der Waals surface area (Å²) in [6.07, 6.45) is 5.84. The Balaban J connectivity index is 1.59. The van der Waals surface area contributed by atoms with Gasteiger partial charge in [-0.1, -0.05) is 19.3 Å². The SMILES string of the molecule is CC(C)(C)OC(=O)N1CC(C(=O)NOCC2CCCCC2)C1. The Morgan fingerprint density at radius 1 is 1.14 bits per heavy atom. The molecule has 22 heavy (non-hydrogen) atoms. The Bertz CT molecular complexity index is 393. The lowest BCUT2D eigenvalue weighted by Gasteiger charge is -2.38. The molecule has 0 spiro atoms. The molecule has 1 aliphatic carbocycles. The zero-order valence-electron chi connectivity index (χ0n) is 13.9. The molecule has 1 saturated carbocycles. The quantitative estimate of drug-likeness (QED) is 0.810. The van der Waals surface area contributed by atoms with E-state index >= 15 is 0 Å². The van der Waals surface area contributed by atoms with Gasteiger partial charge in [-0.2, -0.15) is 0 Å². The monoisotopic (exact) mass is 312 g/mol. The van der Waals surface area contributed by atoms with Gasteiger partial charge in [-0.15, -0.1) is 0 Å². The smallest absolute Gasteiger partial charge is 0.410 e. The fourth-order valence-corrected chi connectivity index (χ4v) is 2.79. The van der Waals surface area contributed by atoms with E-state index < -0.39 is 5.60 Å². The molecule has 2 aliphatic rings. The molecule has 2 rings (SSSR count). The van der Waals surface area contributed by atoms with Gasteiger partial charge in [0, 0.05) is 13.1 Å². The van der Waals surface area contributed by atoms with Gasteiger partial charge < -0.3 is 9.64 Å². The van der Waals surface area contributed by atoms with Crippen LogP contribution >= 0.6 is 0 Å². The van der Waals surface area contributed by atoms with Crippen LogP contribution in [0.25, 0.3) is 0 Å². The van der Waals surface area contributed by atoms with Crippen molar-refractivity contribution < 1.29 is 19.2 Å². The van der Waals surface area contributed by atoms with Gasteiger partial charge >= 0.3 is 6.09 Å². The Labute approximate surface area is 132 Å². The summed E-state index contributed by atoms with van der Waals surface area (Å²) in [5, 5.41) is 0. The van der Waals surface area contributed by atoms with Gasteiger partial charge in [0.25, 0.3) is 0 Å². The molecule has 1 saturated heterocycles. The summed E-state index contributed by atoms with van der Waals surface area (Å²) in [6, 6.07) is 0. The predicted molar refractivity (Wildman–Crippen MR) is 82.0 cm³/mol. The number of hydrogen-bond acceptors (Lipinski definition) is 4. The number of ether oxygens (including phenoxy) is 1. The minimum absolute atomic E-state index is 0.143. The highest BCUT2D eigenvalue weighted by Gasteiger charge is 2.38. The van der Waals surface area contributed by atoms with Crippen LogP contribution in [0.15, 0.2) is 0 Å². The summed E-state index contributed by atoms with van der Waals surface area (Å²) < 4.78 is 5.25. The number of amides is 2. The maximum Gasteiger partial charge on any atom is 0.410 e. The maximum absolute atomic E-state index is 11.9. The minimum Gasteiger partial charge on any atom is -0.444 e. The zero-order chi connectivity index (χ0) is 16.2. The highest BCUT2D eigenvalue weighted by molar-refractivity contribution is 5.81. The fourth-order valence-electron chi connectivity index (χ4n) is 2.79. The molecule has 6 heteroatoms. The molecule has 1 heterocycles. The summed E-state index contributed by atoms with van der Waals surface area (Å²) in [6.45, 7) is 6.87. The Hall–Kier alpha value is -1.30. The molecular weight excluding hydrogens is 284 g/mol. The molecule has 0 aromatic carbocycles. The van der Waals surface area contributed by atoms with E-state index in [1.165, 1.54) is 37.0 Å². The van der Waals surface area contributed by atoms with Crippen LogP contribution in [0.3, 0.4) is 0 Å². The van der Waals surface area contributed by atoms with Crippen LogP contribution in [0.4, 0.5) is 4.79 Å². The van der Waals surface area contributed by atoms with Crippen LogP contribution in [0.1, 0.15) is 52.9 Å². The average Bonchev–Trinajstić information content (AvgIpc) is 2.36. The van der Waals surface area contributed by atoms with Gasteiger partial charge in [0.2, 0.25) is 5.91 Å². The van der Waals surface area contributed by atoms with Gasteiger partial charge in [-0.25, -0.2) is 10.3 Å². The summed E-state index contributed by atoms with van der Waals surface area (Å²) in [5.41, 5.74) is 2.02. The summed E-state index contributed by atoms with van der Waals surface area (Å²) in [5.74, 6) is 0.225. The first-order valence-corrected chi connectivity index (χ1v) is 8.25. The molecule has 1 aliphatic heterocycles. The molecular formula is C16H28N2O4. The van der Waals surface area contributed by atoms with Crippen molar-refractivity contribution in [3.05, 3.63) is 0 Å². The van der Waals surface area contributed by atoms with Crippen LogP contribution in [0, 0.1) is 11.8 Å². The first-order chi connectivity index (χ1) is 10.3. The van der Waals surface area contributed by atoms with Gasteiger partial charge in [0.05, 0.1) is 12.5 Å². The van der Waals surface area contributed by atoms with Crippen LogP contribution in [0.2, 0.25) is 0 Å². The number of carbonyl (C=O) groups excluding carboxylic acids is 2. The van der Waals surface area contributed by atoms with Crippen molar-refractivity contribution in [3.63, 3.8) is 0 Å². The molecule has 2 fully saturated rings. The van der Waals surface area contributed by atoms with Gasteiger partial charge in [0.1, 0.15) is 5.60 Å². The molecule has 6 nitrogen and oxygen atoms in total. The largest absolute Gasteiger partial charge is 0.444 e. The lowest BCUT2D eigenvalue weighted by atomic mass is 9.90. The van der Waals surface area contributed by atoms with E-state index in [9.17, 15) is 9.59 Å². The Morgan fingerprint density at radius 2 is 1.77 bits per heavy atom. The lowest BCUT2D eigenvalue weighted by Crippen LogP contribution is -2.56. The van der Waals surface area contributed by atoms with Gasteiger partial charge in [0.15, 0.2) is 0 Å². The normalized spacial score (nSPS) is 20.4.